The van der Waals surface area contributed by atoms with Crippen molar-refractivity contribution in [3.8, 4) is 0 Å². The number of rotatable bonds is 2. The van der Waals surface area contributed by atoms with E-state index in [2.05, 4.69) is 0 Å². The molecule has 1 unspecified atom stereocenters. The van der Waals surface area contributed by atoms with Crippen LogP contribution in [0.2, 0.25) is 0 Å². The molecule has 4 heteroatoms. The lowest BCUT2D eigenvalue weighted by molar-refractivity contribution is -0.148. The lowest BCUT2D eigenvalue weighted by Crippen LogP contribution is -2.39. The van der Waals surface area contributed by atoms with E-state index in [4.69, 9.17) is 4.74 Å². The van der Waals surface area contributed by atoms with E-state index in [0.717, 1.165) is 0 Å². The minimum atomic E-state index is -0.887. The van der Waals surface area contributed by atoms with Gasteiger partial charge in [0, 0.05) is 13.3 Å². The molecule has 1 aliphatic rings. The van der Waals surface area contributed by atoms with Gasteiger partial charge in [0.2, 0.25) is 0 Å². The second kappa shape index (κ2) is 3.96. The molecule has 4 nitrogen and oxygen atoms in total. The summed E-state index contributed by atoms with van der Waals surface area (Å²) in [5, 5.41) is 0. The zero-order valence-corrected chi connectivity index (χ0v) is 9.12. The Morgan fingerprint density at radius 2 is 2.13 bits per heavy atom. The highest BCUT2D eigenvalue weighted by Crippen LogP contribution is 2.31. The van der Waals surface area contributed by atoms with Crippen molar-refractivity contribution >= 4 is 17.5 Å². The van der Waals surface area contributed by atoms with Crippen molar-refractivity contribution in [1.82, 2.24) is 0 Å². The van der Waals surface area contributed by atoms with E-state index < -0.39 is 11.4 Å². The van der Waals surface area contributed by atoms with E-state index in [1.165, 1.54) is 13.0 Å². The Kier molecular flexibility index (Phi) is 3.07. The van der Waals surface area contributed by atoms with Gasteiger partial charge in [-0.05, 0) is 25.5 Å². The van der Waals surface area contributed by atoms with E-state index in [1.807, 2.05) is 0 Å². The van der Waals surface area contributed by atoms with Crippen LogP contribution in [-0.2, 0) is 19.1 Å². The van der Waals surface area contributed by atoms with Gasteiger partial charge in [0.1, 0.15) is 6.61 Å². The minimum absolute atomic E-state index is 0.0297. The van der Waals surface area contributed by atoms with Crippen molar-refractivity contribution in [1.29, 1.82) is 0 Å². The SMILES string of the molecule is CC(=O)OCC1(C)CC(=O)C=C(C)C1=O. The van der Waals surface area contributed by atoms with Gasteiger partial charge >= 0.3 is 5.97 Å². The molecule has 0 aliphatic heterocycles. The molecule has 15 heavy (non-hydrogen) atoms. The zero-order valence-electron chi connectivity index (χ0n) is 9.12. The molecule has 0 amide bonds. The zero-order chi connectivity index (χ0) is 11.6. The summed E-state index contributed by atoms with van der Waals surface area (Å²) in [4.78, 5) is 33.8. The average molecular weight is 210 g/mol. The fourth-order valence-electron chi connectivity index (χ4n) is 1.68. The Labute approximate surface area is 88.3 Å². The predicted molar refractivity (Wildman–Crippen MR) is 53.1 cm³/mol. The summed E-state index contributed by atoms with van der Waals surface area (Å²) in [6, 6.07) is 0. The fraction of sp³-hybridized carbons (Fsp3) is 0.545. The Bertz CT molecular complexity index is 354. The van der Waals surface area contributed by atoms with Crippen LogP contribution in [0.4, 0.5) is 0 Å². The van der Waals surface area contributed by atoms with Crippen LogP contribution < -0.4 is 0 Å². The summed E-state index contributed by atoms with van der Waals surface area (Å²) in [5.41, 5.74) is -0.456. The highest BCUT2D eigenvalue weighted by Gasteiger charge is 2.39. The summed E-state index contributed by atoms with van der Waals surface area (Å²) < 4.78 is 4.81. The van der Waals surface area contributed by atoms with Crippen LogP contribution in [0.1, 0.15) is 27.2 Å². The first-order valence-electron chi connectivity index (χ1n) is 4.74. The van der Waals surface area contributed by atoms with Crippen molar-refractivity contribution in [2.24, 2.45) is 5.41 Å². The predicted octanol–water partition coefficient (Wildman–Crippen LogP) is 1.04. The normalized spacial score (nSPS) is 26.2. The van der Waals surface area contributed by atoms with E-state index >= 15 is 0 Å². The van der Waals surface area contributed by atoms with Crippen LogP contribution in [0.15, 0.2) is 11.6 Å². The molecule has 0 saturated heterocycles. The number of carbonyl (C=O) groups is 3. The summed E-state index contributed by atoms with van der Waals surface area (Å²) in [5.74, 6) is -0.659. The number of allylic oxidation sites excluding steroid dienone is 2. The molecule has 0 radical (unpaired) electrons. The smallest absolute Gasteiger partial charge is 0.302 e. The largest absolute Gasteiger partial charge is 0.465 e. The van der Waals surface area contributed by atoms with Crippen molar-refractivity contribution in [2.75, 3.05) is 6.61 Å². The molecule has 0 fully saturated rings. The summed E-state index contributed by atoms with van der Waals surface area (Å²) in [6.45, 7) is 4.50. The van der Waals surface area contributed by atoms with Gasteiger partial charge in [-0.1, -0.05) is 0 Å². The fourth-order valence-corrected chi connectivity index (χ4v) is 1.68. The third kappa shape index (κ3) is 2.52. The number of hydrogen-bond acceptors (Lipinski definition) is 4. The summed E-state index contributed by atoms with van der Waals surface area (Å²) in [7, 11) is 0. The van der Waals surface area contributed by atoms with Gasteiger partial charge in [0.05, 0.1) is 5.41 Å². The third-order valence-electron chi connectivity index (χ3n) is 2.44. The van der Waals surface area contributed by atoms with Gasteiger partial charge in [-0.2, -0.15) is 0 Å². The lowest BCUT2D eigenvalue weighted by atomic mass is 9.75. The van der Waals surface area contributed by atoms with Crippen LogP contribution >= 0.6 is 0 Å². The summed E-state index contributed by atoms with van der Waals surface area (Å²) >= 11 is 0. The average Bonchev–Trinajstić information content (AvgIpc) is 2.11. The van der Waals surface area contributed by atoms with Crippen LogP contribution in [0, 0.1) is 5.41 Å². The number of ketones is 2. The molecule has 0 aromatic carbocycles. The number of carbonyl (C=O) groups excluding carboxylic acids is 3. The molecule has 82 valence electrons. The first-order valence-corrected chi connectivity index (χ1v) is 4.74. The molecular formula is C11H14O4. The van der Waals surface area contributed by atoms with Gasteiger partial charge in [-0.15, -0.1) is 0 Å². The first kappa shape index (κ1) is 11.6. The molecule has 0 heterocycles. The monoisotopic (exact) mass is 210 g/mol. The standard InChI is InChI=1S/C11H14O4/c1-7-4-9(13)5-11(3,10(7)14)6-15-8(2)12/h4H,5-6H2,1-3H3. The quantitative estimate of drug-likeness (QED) is 0.639. The third-order valence-corrected chi connectivity index (χ3v) is 2.44. The molecule has 0 bridgehead atoms. The van der Waals surface area contributed by atoms with Gasteiger partial charge < -0.3 is 4.74 Å². The lowest BCUT2D eigenvalue weighted by Gasteiger charge is -2.29. The Morgan fingerprint density at radius 3 is 2.67 bits per heavy atom. The maximum atomic E-state index is 11.8. The molecule has 1 aliphatic carbocycles. The molecule has 0 saturated carbocycles. The maximum Gasteiger partial charge on any atom is 0.302 e. The summed E-state index contributed by atoms with van der Waals surface area (Å²) in [6.07, 6.45) is 1.45. The highest BCUT2D eigenvalue weighted by atomic mass is 16.5. The Hall–Kier alpha value is -1.45. The van der Waals surface area contributed by atoms with Crippen molar-refractivity contribution in [2.45, 2.75) is 27.2 Å². The molecule has 0 N–H and O–H groups in total. The number of hydrogen-bond donors (Lipinski definition) is 0. The topological polar surface area (TPSA) is 60.4 Å². The molecule has 0 spiro atoms. The number of esters is 1. The molecule has 0 aromatic heterocycles. The van der Waals surface area contributed by atoms with E-state index in [0.29, 0.717) is 5.57 Å². The molecule has 0 aromatic rings. The van der Waals surface area contributed by atoms with Crippen LogP contribution in [0.5, 0.6) is 0 Å². The minimum Gasteiger partial charge on any atom is -0.465 e. The Balaban J connectivity index is 2.84. The van der Waals surface area contributed by atoms with E-state index in [9.17, 15) is 14.4 Å². The second-order valence-corrected chi connectivity index (χ2v) is 4.14. The molecular weight excluding hydrogens is 196 g/mol. The van der Waals surface area contributed by atoms with Gasteiger partial charge in [-0.25, -0.2) is 0 Å². The number of ether oxygens (including phenoxy) is 1. The second-order valence-electron chi connectivity index (χ2n) is 4.14. The van der Waals surface area contributed by atoms with Crippen LogP contribution in [0.3, 0.4) is 0 Å². The molecule has 1 atom stereocenters. The van der Waals surface area contributed by atoms with Crippen molar-refractivity contribution in [3.05, 3.63) is 11.6 Å². The highest BCUT2D eigenvalue weighted by molar-refractivity contribution is 6.11. The van der Waals surface area contributed by atoms with Crippen molar-refractivity contribution < 1.29 is 19.1 Å². The maximum absolute atomic E-state index is 11.8. The van der Waals surface area contributed by atoms with Gasteiger partial charge in [-0.3, -0.25) is 14.4 Å². The Morgan fingerprint density at radius 1 is 1.53 bits per heavy atom. The van der Waals surface area contributed by atoms with Gasteiger partial charge in [0.15, 0.2) is 11.6 Å². The van der Waals surface area contributed by atoms with Crippen LogP contribution in [-0.4, -0.2) is 24.1 Å². The van der Waals surface area contributed by atoms with Crippen molar-refractivity contribution in [3.63, 3.8) is 0 Å². The van der Waals surface area contributed by atoms with E-state index in [-0.39, 0.29) is 24.6 Å². The first-order chi connectivity index (χ1) is 6.85. The van der Waals surface area contributed by atoms with Crippen LogP contribution in [0.25, 0.3) is 0 Å². The number of Topliss-reactive ketones (excluding diaryl/α,β-unsaturated/α-hetero) is 1. The molecule has 1 rings (SSSR count). The van der Waals surface area contributed by atoms with Gasteiger partial charge in [0.25, 0.3) is 0 Å². The van der Waals surface area contributed by atoms with E-state index in [1.54, 1.807) is 13.8 Å².